The van der Waals surface area contributed by atoms with Gasteiger partial charge in [-0.2, -0.15) is 0 Å². The van der Waals surface area contributed by atoms with Gasteiger partial charge in [0.2, 0.25) is 5.91 Å². The standard InChI is InChI=1S/C15H22N2OS/c1-2-14(15(16)18)17-9-8-12(10-17)11-19-13-6-4-3-5-7-13/h3-7,12,14H,2,8-11H2,1H3,(H2,16,18)/t12-,14+/m0/s1. The molecule has 19 heavy (non-hydrogen) atoms. The van der Waals surface area contributed by atoms with E-state index < -0.39 is 0 Å². The normalized spacial score (nSPS) is 21.4. The van der Waals surface area contributed by atoms with Crippen molar-refractivity contribution in [2.45, 2.75) is 30.7 Å². The molecule has 1 saturated heterocycles. The van der Waals surface area contributed by atoms with E-state index in [-0.39, 0.29) is 11.9 Å². The predicted molar refractivity (Wildman–Crippen MR) is 80.1 cm³/mol. The fraction of sp³-hybridized carbons (Fsp3) is 0.533. The fourth-order valence-electron chi connectivity index (χ4n) is 2.65. The molecule has 2 atom stereocenters. The molecule has 0 radical (unpaired) electrons. The average molecular weight is 278 g/mol. The molecular formula is C15H22N2OS. The highest BCUT2D eigenvalue weighted by molar-refractivity contribution is 7.99. The molecular weight excluding hydrogens is 256 g/mol. The van der Waals surface area contributed by atoms with E-state index in [1.807, 2.05) is 24.8 Å². The molecule has 0 bridgehead atoms. The Balaban J connectivity index is 1.80. The number of hydrogen-bond donors (Lipinski definition) is 1. The van der Waals surface area contributed by atoms with E-state index in [4.69, 9.17) is 5.73 Å². The number of primary amides is 1. The zero-order chi connectivity index (χ0) is 13.7. The molecule has 0 aromatic heterocycles. The minimum atomic E-state index is -0.182. The number of carbonyl (C=O) groups is 1. The van der Waals surface area contributed by atoms with Crippen LogP contribution in [0.5, 0.6) is 0 Å². The molecule has 1 aliphatic heterocycles. The topological polar surface area (TPSA) is 46.3 Å². The van der Waals surface area contributed by atoms with E-state index in [1.165, 1.54) is 11.3 Å². The van der Waals surface area contributed by atoms with Crippen LogP contribution in [0.4, 0.5) is 0 Å². The highest BCUT2D eigenvalue weighted by atomic mass is 32.2. The molecule has 1 aromatic carbocycles. The summed E-state index contributed by atoms with van der Waals surface area (Å²) in [7, 11) is 0. The minimum absolute atomic E-state index is 0.0771. The Morgan fingerprint density at radius 1 is 1.47 bits per heavy atom. The van der Waals surface area contributed by atoms with Gasteiger partial charge in [0, 0.05) is 17.2 Å². The molecule has 1 fully saturated rings. The third-order valence-corrected chi connectivity index (χ3v) is 4.95. The smallest absolute Gasteiger partial charge is 0.234 e. The van der Waals surface area contributed by atoms with Crippen LogP contribution in [0.15, 0.2) is 35.2 Å². The Bertz CT molecular complexity index is 410. The summed E-state index contributed by atoms with van der Waals surface area (Å²) in [5.41, 5.74) is 5.45. The number of thioether (sulfide) groups is 1. The van der Waals surface area contributed by atoms with Gasteiger partial charge in [0.05, 0.1) is 6.04 Å². The van der Waals surface area contributed by atoms with Crippen molar-refractivity contribution in [3.63, 3.8) is 0 Å². The lowest BCUT2D eigenvalue weighted by atomic mass is 10.1. The van der Waals surface area contributed by atoms with Crippen LogP contribution in [0, 0.1) is 5.92 Å². The Kier molecular flexibility index (Phi) is 5.28. The summed E-state index contributed by atoms with van der Waals surface area (Å²) >= 11 is 1.90. The van der Waals surface area contributed by atoms with Gasteiger partial charge in [-0.15, -0.1) is 11.8 Å². The number of nitrogens with two attached hydrogens (primary N) is 1. The molecule has 1 aliphatic rings. The maximum absolute atomic E-state index is 11.4. The average Bonchev–Trinajstić information content (AvgIpc) is 2.87. The second-order valence-electron chi connectivity index (χ2n) is 5.10. The second kappa shape index (κ2) is 6.96. The fourth-order valence-corrected chi connectivity index (χ4v) is 3.70. The summed E-state index contributed by atoms with van der Waals surface area (Å²) in [4.78, 5) is 14.9. The lowest BCUT2D eigenvalue weighted by molar-refractivity contribution is -0.123. The summed E-state index contributed by atoms with van der Waals surface area (Å²) in [6.07, 6.45) is 1.98. The van der Waals surface area contributed by atoms with Crippen molar-refractivity contribution in [3.05, 3.63) is 30.3 Å². The first-order valence-electron chi connectivity index (χ1n) is 6.92. The van der Waals surface area contributed by atoms with E-state index in [9.17, 15) is 4.79 Å². The van der Waals surface area contributed by atoms with Crippen LogP contribution in [0.25, 0.3) is 0 Å². The van der Waals surface area contributed by atoms with Gasteiger partial charge in [0.1, 0.15) is 0 Å². The molecule has 0 unspecified atom stereocenters. The lowest BCUT2D eigenvalue weighted by Crippen LogP contribution is -2.43. The Morgan fingerprint density at radius 2 is 2.21 bits per heavy atom. The van der Waals surface area contributed by atoms with Crippen LogP contribution in [-0.2, 0) is 4.79 Å². The van der Waals surface area contributed by atoms with Gasteiger partial charge in [-0.05, 0) is 37.4 Å². The highest BCUT2D eigenvalue weighted by Gasteiger charge is 2.29. The van der Waals surface area contributed by atoms with Crippen LogP contribution < -0.4 is 5.73 Å². The number of hydrogen-bond acceptors (Lipinski definition) is 3. The summed E-state index contributed by atoms with van der Waals surface area (Å²) < 4.78 is 0. The maximum atomic E-state index is 11.4. The molecule has 2 N–H and O–H groups in total. The minimum Gasteiger partial charge on any atom is -0.368 e. The van der Waals surface area contributed by atoms with Crippen molar-refractivity contribution in [3.8, 4) is 0 Å². The molecule has 2 rings (SSSR count). The predicted octanol–water partition coefficient (Wildman–Crippen LogP) is 2.36. The van der Waals surface area contributed by atoms with Gasteiger partial charge >= 0.3 is 0 Å². The van der Waals surface area contributed by atoms with Crippen molar-refractivity contribution in [2.24, 2.45) is 11.7 Å². The highest BCUT2D eigenvalue weighted by Crippen LogP contribution is 2.27. The van der Waals surface area contributed by atoms with Gasteiger partial charge < -0.3 is 5.73 Å². The molecule has 1 aromatic rings. The van der Waals surface area contributed by atoms with Crippen LogP contribution >= 0.6 is 11.8 Å². The Morgan fingerprint density at radius 3 is 2.84 bits per heavy atom. The number of amides is 1. The number of rotatable bonds is 6. The molecule has 1 amide bonds. The monoisotopic (exact) mass is 278 g/mol. The van der Waals surface area contributed by atoms with E-state index in [0.29, 0.717) is 5.92 Å². The van der Waals surface area contributed by atoms with Gasteiger partial charge in [-0.25, -0.2) is 0 Å². The quantitative estimate of drug-likeness (QED) is 0.813. The van der Waals surface area contributed by atoms with Gasteiger partial charge in [-0.3, -0.25) is 9.69 Å². The number of likely N-dealkylation sites (tertiary alicyclic amines) is 1. The first-order chi connectivity index (χ1) is 9.20. The van der Waals surface area contributed by atoms with E-state index >= 15 is 0 Å². The zero-order valence-corrected chi connectivity index (χ0v) is 12.2. The molecule has 4 heteroatoms. The summed E-state index contributed by atoms with van der Waals surface area (Å²) in [6, 6.07) is 10.4. The first kappa shape index (κ1) is 14.4. The van der Waals surface area contributed by atoms with Gasteiger partial charge in [0.15, 0.2) is 0 Å². The van der Waals surface area contributed by atoms with E-state index in [0.717, 1.165) is 25.3 Å². The van der Waals surface area contributed by atoms with Crippen molar-refractivity contribution in [1.82, 2.24) is 4.90 Å². The molecule has 0 aliphatic carbocycles. The van der Waals surface area contributed by atoms with Crippen LogP contribution in [0.1, 0.15) is 19.8 Å². The van der Waals surface area contributed by atoms with Crippen molar-refractivity contribution < 1.29 is 4.79 Å². The largest absolute Gasteiger partial charge is 0.368 e. The number of nitrogens with zero attached hydrogens (tertiary/aromatic N) is 1. The zero-order valence-electron chi connectivity index (χ0n) is 11.4. The summed E-state index contributed by atoms with van der Waals surface area (Å²) in [6.45, 7) is 4.03. The summed E-state index contributed by atoms with van der Waals surface area (Å²) in [5, 5.41) is 0. The second-order valence-corrected chi connectivity index (χ2v) is 6.19. The third-order valence-electron chi connectivity index (χ3n) is 3.70. The molecule has 0 saturated carbocycles. The lowest BCUT2D eigenvalue weighted by Gasteiger charge is -2.23. The molecule has 104 valence electrons. The van der Waals surface area contributed by atoms with E-state index in [2.05, 4.69) is 29.2 Å². The Hall–Kier alpha value is -1.00. The van der Waals surface area contributed by atoms with Crippen LogP contribution in [0.3, 0.4) is 0 Å². The van der Waals surface area contributed by atoms with Crippen LogP contribution in [0.2, 0.25) is 0 Å². The van der Waals surface area contributed by atoms with Crippen LogP contribution in [-0.4, -0.2) is 35.7 Å². The SMILES string of the molecule is CC[C@H](C(N)=O)N1CC[C@H](CSc2ccccc2)C1. The number of carbonyl (C=O) groups excluding carboxylic acids is 1. The molecule has 1 heterocycles. The number of benzene rings is 1. The molecule has 3 nitrogen and oxygen atoms in total. The first-order valence-corrected chi connectivity index (χ1v) is 7.90. The maximum Gasteiger partial charge on any atom is 0.234 e. The van der Waals surface area contributed by atoms with E-state index in [1.54, 1.807) is 0 Å². The third kappa shape index (κ3) is 3.98. The van der Waals surface area contributed by atoms with Crippen molar-refractivity contribution >= 4 is 17.7 Å². The van der Waals surface area contributed by atoms with Gasteiger partial charge in [0.25, 0.3) is 0 Å². The molecule has 0 spiro atoms. The Labute approximate surface area is 119 Å². The summed E-state index contributed by atoms with van der Waals surface area (Å²) in [5.74, 6) is 1.60. The van der Waals surface area contributed by atoms with Crippen molar-refractivity contribution in [2.75, 3.05) is 18.8 Å². The van der Waals surface area contributed by atoms with Gasteiger partial charge in [-0.1, -0.05) is 25.1 Å². The van der Waals surface area contributed by atoms with Crippen molar-refractivity contribution in [1.29, 1.82) is 0 Å².